The quantitative estimate of drug-likeness (QED) is 0.436. The van der Waals surface area contributed by atoms with Crippen LogP contribution in [0.1, 0.15) is 31.0 Å². The molecule has 0 aliphatic heterocycles. The molecule has 0 N–H and O–H groups in total. The fraction of sp³-hybridized carbons (Fsp3) is 0.292. The third-order valence-electron chi connectivity index (χ3n) is 4.75. The summed E-state index contributed by atoms with van der Waals surface area (Å²) in [5, 5.41) is 4.09. The number of nitrogens with zero attached hydrogens (tertiary/aromatic N) is 2. The van der Waals surface area contributed by atoms with Gasteiger partial charge in [-0.05, 0) is 36.8 Å². The van der Waals surface area contributed by atoms with Gasteiger partial charge in [-0.3, -0.25) is 9.59 Å². The van der Waals surface area contributed by atoms with Crippen molar-refractivity contribution in [3.63, 3.8) is 0 Å². The van der Waals surface area contributed by atoms with Crippen LogP contribution in [0.3, 0.4) is 0 Å². The van der Waals surface area contributed by atoms with Gasteiger partial charge in [-0.2, -0.15) is 0 Å². The summed E-state index contributed by atoms with van der Waals surface area (Å²) in [7, 11) is 1.58. The van der Waals surface area contributed by atoms with Crippen molar-refractivity contribution in [3.8, 4) is 17.1 Å². The largest absolute Gasteiger partial charge is 0.497 e. The van der Waals surface area contributed by atoms with Gasteiger partial charge in [0.25, 0.3) is 0 Å². The van der Waals surface area contributed by atoms with Gasteiger partial charge >= 0.3 is 5.97 Å². The molecule has 1 amide bonds. The summed E-state index contributed by atoms with van der Waals surface area (Å²) in [5.41, 5.74) is 2.10. The Morgan fingerprint density at radius 2 is 1.84 bits per heavy atom. The van der Waals surface area contributed by atoms with E-state index >= 15 is 0 Å². The molecule has 1 aromatic heterocycles. The number of hydrogen-bond acceptors (Lipinski definition) is 6. The molecule has 0 aliphatic carbocycles. The molecule has 32 heavy (non-hydrogen) atoms. The van der Waals surface area contributed by atoms with Crippen LogP contribution in [0.5, 0.6) is 5.75 Å². The van der Waals surface area contributed by atoms with Crippen LogP contribution in [0.4, 0.5) is 4.39 Å². The van der Waals surface area contributed by atoms with E-state index in [9.17, 15) is 14.0 Å². The summed E-state index contributed by atoms with van der Waals surface area (Å²) >= 11 is 0. The van der Waals surface area contributed by atoms with Crippen LogP contribution in [-0.2, 0) is 27.4 Å². The van der Waals surface area contributed by atoms with Gasteiger partial charge < -0.3 is 18.9 Å². The van der Waals surface area contributed by atoms with Crippen molar-refractivity contribution >= 4 is 11.9 Å². The van der Waals surface area contributed by atoms with Crippen LogP contribution < -0.4 is 4.74 Å². The zero-order chi connectivity index (χ0) is 22.9. The monoisotopic (exact) mass is 440 g/mol. The van der Waals surface area contributed by atoms with Gasteiger partial charge in [-0.15, -0.1) is 0 Å². The summed E-state index contributed by atoms with van der Waals surface area (Å²) in [5.74, 6) is 0.207. The molecular formula is C24H25FN2O5. The second-order valence-corrected chi connectivity index (χ2v) is 7.10. The van der Waals surface area contributed by atoms with E-state index in [4.69, 9.17) is 14.0 Å². The Morgan fingerprint density at radius 1 is 1.06 bits per heavy atom. The molecule has 0 saturated carbocycles. The highest BCUT2D eigenvalue weighted by Crippen LogP contribution is 2.25. The molecule has 0 bridgehead atoms. The number of aromatic nitrogens is 1. The minimum absolute atomic E-state index is 0.000616. The van der Waals surface area contributed by atoms with E-state index in [-0.39, 0.29) is 44.3 Å². The Kier molecular flexibility index (Phi) is 7.96. The highest BCUT2D eigenvalue weighted by atomic mass is 19.1. The van der Waals surface area contributed by atoms with Crippen LogP contribution >= 0.6 is 0 Å². The van der Waals surface area contributed by atoms with E-state index < -0.39 is 5.97 Å². The van der Waals surface area contributed by atoms with Crippen LogP contribution in [-0.4, -0.2) is 35.6 Å². The van der Waals surface area contributed by atoms with Crippen molar-refractivity contribution in [2.24, 2.45) is 0 Å². The Balaban J connectivity index is 1.75. The first kappa shape index (κ1) is 23.0. The van der Waals surface area contributed by atoms with Gasteiger partial charge in [-0.1, -0.05) is 29.4 Å². The number of carbonyl (C=O) groups is 2. The topological polar surface area (TPSA) is 81.9 Å². The number of esters is 1. The molecule has 168 valence electrons. The van der Waals surface area contributed by atoms with E-state index in [2.05, 4.69) is 5.16 Å². The standard InChI is InChI=1S/C24H25FN2O5/c1-3-31-24(29)12-11-23(28)27(15-17-7-9-19(25)10-8-17)16-20-14-22(32-26-20)18-5-4-6-21(13-18)30-2/h4-10,13-14H,3,11-12,15-16H2,1-2H3. The molecule has 0 atom stereocenters. The van der Waals surface area contributed by atoms with E-state index in [1.165, 1.54) is 12.1 Å². The third-order valence-corrected chi connectivity index (χ3v) is 4.75. The number of methoxy groups -OCH3 is 1. The van der Waals surface area contributed by atoms with Gasteiger partial charge in [0.15, 0.2) is 5.76 Å². The minimum Gasteiger partial charge on any atom is -0.497 e. The summed E-state index contributed by atoms with van der Waals surface area (Å²) in [6.45, 7) is 2.39. The van der Waals surface area contributed by atoms with Gasteiger partial charge in [0.05, 0.1) is 26.7 Å². The highest BCUT2D eigenvalue weighted by molar-refractivity contribution is 5.81. The van der Waals surface area contributed by atoms with Crippen molar-refractivity contribution in [3.05, 3.63) is 71.7 Å². The molecule has 0 aliphatic rings. The second kappa shape index (κ2) is 11.1. The number of amides is 1. The number of benzene rings is 2. The van der Waals surface area contributed by atoms with Crippen molar-refractivity contribution in [2.75, 3.05) is 13.7 Å². The molecular weight excluding hydrogens is 415 g/mol. The Hall–Kier alpha value is -3.68. The van der Waals surface area contributed by atoms with Crippen molar-refractivity contribution in [1.29, 1.82) is 0 Å². The van der Waals surface area contributed by atoms with Gasteiger partial charge in [0.2, 0.25) is 5.91 Å². The fourth-order valence-corrected chi connectivity index (χ4v) is 3.14. The normalized spacial score (nSPS) is 10.6. The molecule has 7 nitrogen and oxygen atoms in total. The summed E-state index contributed by atoms with van der Waals surface area (Å²) < 4.78 is 28.9. The van der Waals surface area contributed by atoms with Crippen LogP contribution in [0.15, 0.2) is 59.1 Å². The number of halogens is 1. The average Bonchev–Trinajstić information content (AvgIpc) is 3.27. The van der Waals surface area contributed by atoms with Crippen molar-refractivity contribution in [1.82, 2.24) is 10.1 Å². The zero-order valence-corrected chi connectivity index (χ0v) is 18.0. The Labute approximate surface area is 185 Å². The zero-order valence-electron chi connectivity index (χ0n) is 18.0. The first-order valence-corrected chi connectivity index (χ1v) is 10.3. The molecule has 8 heteroatoms. The molecule has 1 heterocycles. The molecule has 2 aromatic carbocycles. The number of ether oxygens (including phenoxy) is 2. The number of carbonyl (C=O) groups excluding carboxylic acids is 2. The number of hydrogen-bond donors (Lipinski definition) is 0. The van der Waals surface area contributed by atoms with Crippen molar-refractivity contribution < 1.29 is 28.0 Å². The predicted octanol–water partition coefficient (Wildman–Crippen LogP) is 4.36. The summed E-state index contributed by atoms with van der Waals surface area (Å²) in [6.07, 6.45) is -0.0128. The van der Waals surface area contributed by atoms with Crippen molar-refractivity contribution in [2.45, 2.75) is 32.9 Å². The maximum Gasteiger partial charge on any atom is 0.306 e. The minimum atomic E-state index is -0.427. The highest BCUT2D eigenvalue weighted by Gasteiger charge is 2.19. The lowest BCUT2D eigenvalue weighted by Crippen LogP contribution is -2.30. The summed E-state index contributed by atoms with van der Waals surface area (Å²) in [6, 6.07) is 15.0. The van der Waals surface area contributed by atoms with Gasteiger partial charge in [0.1, 0.15) is 17.3 Å². The Morgan fingerprint density at radius 3 is 2.56 bits per heavy atom. The number of rotatable bonds is 10. The van der Waals surface area contributed by atoms with E-state index in [0.717, 1.165) is 11.1 Å². The molecule has 3 aromatic rings. The lowest BCUT2D eigenvalue weighted by molar-refractivity contribution is -0.146. The maximum absolute atomic E-state index is 13.3. The van der Waals surface area contributed by atoms with Crippen LogP contribution in [0, 0.1) is 5.82 Å². The lowest BCUT2D eigenvalue weighted by Gasteiger charge is -2.21. The lowest BCUT2D eigenvalue weighted by atomic mass is 10.1. The van der Waals surface area contributed by atoms with Gasteiger partial charge in [-0.25, -0.2) is 4.39 Å². The average molecular weight is 440 g/mol. The molecule has 0 radical (unpaired) electrons. The SMILES string of the molecule is CCOC(=O)CCC(=O)N(Cc1ccc(F)cc1)Cc1cc(-c2cccc(OC)c2)on1. The maximum atomic E-state index is 13.3. The van der Waals surface area contributed by atoms with Crippen LogP contribution in [0.2, 0.25) is 0 Å². The second-order valence-electron chi connectivity index (χ2n) is 7.10. The molecule has 0 spiro atoms. The smallest absolute Gasteiger partial charge is 0.306 e. The van der Waals surface area contributed by atoms with E-state index in [1.54, 1.807) is 37.1 Å². The summed E-state index contributed by atoms with van der Waals surface area (Å²) in [4.78, 5) is 26.1. The van der Waals surface area contributed by atoms with Crippen LogP contribution in [0.25, 0.3) is 11.3 Å². The molecule has 0 unspecified atom stereocenters. The van der Waals surface area contributed by atoms with Gasteiger partial charge in [0, 0.05) is 24.6 Å². The fourth-order valence-electron chi connectivity index (χ4n) is 3.14. The van der Waals surface area contributed by atoms with E-state index in [0.29, 0.717) is 17.2 Å². The first-order chi connectivity index (χ1) is 15.5. The first-order valence-electron chi connectivity index (χ1n) is 10.3. The third kappa shape index (κ3) is 6.41. The Bertz CT molecular complexity index is 1050. The molecule has 0 saturated heterocycles. The molecule has 0 fully saturated rings. The predicted molar refractivity (Wildman–Crippen MR) is 115 cm³/mol. The molecule has 3 rings (SSSR count). The van der Waals surface area contributed by atoms with E-state index in [1.807, 2.05) is 24.3 Å².